The molecule has 0 saturated heterocycles. The van der Waals surface area contributed by atoms with E-state index in [1.165, 1.54) is 10.1 Å². The molecule has 4 aromatic rings. The Kier molecular flexibility index (Phi) is 5.01. The second kappa shape index (κ2) is 7.92. The summed E-state index contributed by atoms with van der Waals surface area (Å²) in [4.78, 5) is 21.5. The van der Waals surface area contributed by atoms with Crippen molar-refractivity contribution in [1.29, 1.82) is 0 Å². The average Bonchev–Trinajstić information content (AvgIpc) is 2.74. The maximum atomic E-state index is 12.7. The molecule has 0 saturated carbocycles. The summed E-state index contributed by atoms with van der Waals surface area (Å²) >= 11 is 0. The number of para-hydroxylation sites is 1. The standard InChI is InChI=1S/C22H20N4O2/c1-26-20-17(14-19(21(26)27)28-18-10-6-3-7-11-18)15-24-22(25-20)23-13-12-16-8-4-2-5-9-16/h2-11,14-15H,12-13H2,1H3,(H,23,24,25). The lowest BCUT2D eigenvalue weighted by Gasteiger charge is -2.11. The summed E-state index contributed by atoms with van der Waals surface area (Å²) in [5.41, 5.74) is 1.55. The Morgan fingerprint density at radius 3 is 2.50 bits per heavy atom. The Labute approximate surface area is 162 Å². The molecule has 2 aromatic carbocycles. The molecule has 0 radical (unpaired) electrons. The Bertz CT molecular complexity index is 1140. The molecule has 0 amide bonds. The highest BCUT2D eigenvalue weighted by molar-refractivity contribution is 5.76. The third-order valence-electron chi connectivity index (χ3n) is 4.43. The van der Waals surface area contributed by atoms with Gasteiger partial charge in [-0.3, -0.25) is 9.36 Å². The van der Waals surface area contributed by atoms with E-state index in [-0.39, 0.29) is 11.3 Å². The van der Waals surface area contributed by atoms with Crippen molar-refractivity contribution in [2.75, 3.05) is 11.9 Å². The third kappa shape index (κ3) is 3.86. The van der Waals surface area contributed by atoms with Crippen molar-refractivity contribution >= 4 is 17.0 Å². The summed E-state index contributed by atoms with van der Waals surface area (Å²) in [5.74, 6) is 1.35. The van der Waals surface area contributed by atoms with Crippen molar-refractivity contribution in [3.05, 3.63) is 88.8 Å². The van der Waals surface area contributed by atoms with Gasteiger partial charge in [-0.05, 0) is 30.2 Å². The smallest absolute Gasteiger partial charge is 0.294 e. The van der Waals surface area contributed by atoms with Gasteiger partial charge in [-0.25, -0.2) is 4.98 Å². The first-order valence-electron chi connectivity index (χ1n) is 9.08. The molecule has 1 N–H and O–H groups in total. The van der Waals surface area contributed by atoms with Gasteiger partial charge in [-0.15, -0.1) is 0 Å². The molecule has 28 heavy (non-hydrogen) atoms. The van der Waals surface area contributed by atoms with Crippen molar-refractivity contribution in [1.82, 2.24) is 14.5 Å². The van der Waals surface area contributed by atoms with Crippen LogP contribution in [0, 0.1) is 0 Å². The number of aryl methyl sites for hydroxylation is 1. The Balaban J connectivity index is 1.55. The highest BCUT2D eigenvalue weighted by Crippen LogP contribution is 2.21. The van der Waals surface area contributed by atoms with Crippen LogP contribution in [-0.4, -0.2) is 21.1 Å². The van der Waals surface area contributed by atoms with Gasteiger partial charge in [0.2, 0.25) is 5.95 Å². The number of hydrogen-bond acceptors (Lipinski definition) is 5. The molecule has 0 aliphatic heterocycles. The van der Waals surface area contributed by atoms with Gasteiger partial charge in [-0.2, -0.15) is 4.98 Å². The fourth-order valence-electron chi connectivity index (χ4n) is 2.95. The van der Waals surface area contributed by atoms with Gasteiger partial charge >= 0.3 is 0 Å². The summed E-state index contributed by atoms with van der Waals surface area (Å²) in [5, 5.41) is 3.96. The van der Waals surface area contributed by atoms with Crippen LogP contribution in [0.3, 0.4) is 0 Å². The van der Waals surface area contributed by atoms with Gasteiger partial charge in [0.05, 0.1) is 0 Å². The van der Waals surface area contributed by atoms with E-state index < -0.39 is 0 Å². The first-order chi connectivity index (χ1) is 13.7. The van der Waals surface area contributed by atoms with Gasteiger partial charge in [0.1, 0.15) is 11.4 Å². The molecular weight excluding hydrogens is 352 g/mol. The van der Waals surface area contributed by atoms with E-state index in [4.69, 9.17) is 4.74 Å². The number of anilines is 1. The minimum absolute atomic E-state index is 0.245. The number of nitrogens with zero attached hydrogens (tertiary/aromatic N) is 3. The third-order valence-corrected chi connectivity index (χ3v) is 4.43. The van der Waals surface area contributed by atoms with Crippen LogP contribution in [-0.2, 0) is 13.5 Å². The van der Waals surface area contributed by atoms with E-state index in [0.29, 0.717) is 23.9 Å². The molecule has 6 nitrogen and oxygen atoms in total. The molecule has 0 unspecified atom stereocenters. The predicted octanol–water partition coefficient (Wildman–Crippen LogP) is 3.78. The van der Waals surface area contributed by atoms with Gasteiger partial charge < -0.3 is 10.1 Å². The maximum Gasteiger partial charge on any atom is 0.294 e. The number of benzene rings is 2. The normalized spacial score (nSPS) is 10.8. The van der Waals surface area contributed by atoms with Crippen LogP contribution >= 0.6 is 0 Å². The molecule has 0 aliphatic carbocycles. The number of pyridine rings is 1. The van der Waals surface area contributed by atoms with E-state index >= 15 is 0 Å². The molecule has 0 fully saturated rings. The Morgan fingerprint density at radius 1 is 1.04 bits per heavy atom. The molecule has 140 valence electrons. The van der Waals surface area contributed by atoms with Crippen LogP contribution in [0.15, 0.2) is 77.7 Å². The quantitative estimate of drug-likeness (QED) is 0.558. The molecule has 0 spiro atoms. The van der Waals surface area contributed by atoms with Crippen molar-refractivity contribution in [2.45, 2.75) is 6.42 Å². The van der Waals surface area contributed by atoms with Crippen LogP contribution in [0.5, 0.6) is 11.5 Å². The SMILES string of the molecule is Cn1c(=O)c(Oc2ccccc2)cc2cnc(NCCc3ccccc3)nc21. The van der Waals surface area contributed by atoms with E-state index in [1.807, 2.05) is 36.4 Å². The fraction of sp³-hybridized carbons (Fsp3) is 0.136. The second-order valence-corrected chi connectivity index (χ2v) is 6.42. The van der Waals surface area contributed by atoms with Gasteiger partial charge in [0, 0.05) is 25.2 Å². The molecule has 6 heteroatoms. The Hall–Kier alpha value is -3.67. The zero-order chi connectivity index (χ0) is 19.3. The highest BCUT2D eigenvalue weighted by Gasteiger charge is 2.11. The minimum atomic E-state index is -0.245. The molecule has 0 bridgehead atoms. The Morgan fingerprint density at radius 2 is 1.75 bits per heavy atom. The van der Waals surface area contributed by atoms with Crippen molar-refractivity contribution < 1.29 is 4.74 Å². The van der Waals surface area contributed by atoms with E-state index in [9.17, 15) is 4.79 Å². The molecule has 0 atom stereocenters. The summed E-state index contributed by atoms with van der Waals surface area (Å²) < 4.78 is 7.22. The highest BCUT2D eigenvalue weighted by atomic mass is 16.5. The van der Waals surface area contributed by atoms with Crippen LogP contribution in [0.2, 0.25) is 0 Å². The van der Waals surface area contributed by atoms with Gasteiger partial charge in [0.25, 0.3) is 5.56 Å². The van der Waals surface area contributed by atoms with Crippen molar-refractivity contribution in [3.63, 3.8) is 0 Å². The zero-order valence-electron chi connectivity index (χ0n) is 15.5. The minimum Gasteiger partial charge on any atom is -0.452 e. The first-order valence-corrected chi connectivity index (χ1v) is 9.08. The van der Waals surface area contributed by atoms with E-state index in [0.717, 1.165) is 11.8 Å². The van der Waals surface area contributed by atoms with E-state index in [2.05, 4.69) is 27.4 Å². The molecule has 2 heterocycles. The topological polar surface area (TPSA) is 69.0 Å². The number of hydrogen-bond donors (Lipinski definition) is 1. The average molecular weight is 372 g/mol. The lowest BCUT2D eigenvalue weighted by molar-refractivity contribution is 0.471. The maximum absolute atomic E-state index is 12.7. The molecule has 2 aromatic heterocycles. The van der Waals surface area contributed by atoms with Crippen LogP contribution in [0.25, 0.3) is 11.0 Å². The summed E-state index contributed by atoms with van der Waals surface area (Å²) in [6.07, 6.45) is 2.56. The first kappa shape index (κ1) is 17.7. The second-order valence-electron chi connectivity index (χ2n) is 6.42. The van der Waals surface area contributed by atoms with Crippen LogP contribution < -0.4 is 15.6 Å². The number of fused-ring (bicyclic) bond motifs is 1. The number of ether oxygens (including phenoxy) is 1. The molecule has 4 rings (SSSR count). The molecular formula is C22H20N4O2. The van der Waals surface area contributed by atoms with E-state index in [1.54, 1.807) is 31.4 Å². The fourth-order valence-corrected chi connectivity index (χ4v) is 2.95. The largest absolute Gasteiger partial charge is 0.452 e. The number of rotatable bonds is 6. The number of aromatic nitrogens is 3. The lowest BCUT2D eigenvalue weighted by Crippen LogP contribution is -2.20. The summed E-state index contributed by atoms with van der Waals surface area (Å²) in [7, 11) is 1.68. The predicted molar refractivity (Wildman–Crippen MR) is 110 cm³/mol. The van der Waals surface area contributed by atoms with Gasteiger partial charge in [-0.1, -0.05) is 48.5 Å². The van der Waals surface area contributed by atoms with Crippen LogP contribution in [0.1, 0.15) is 5.56 Å². The van der Waals surface area contributed by atoms with Crippen molar-refractivity contribution in [3.8, 4) is 11.5 Å². The molecule has 0 aliphatic rings. The summed E-state index contributed by atoms with van der Waals surface area (Å²) in [6.45, 7) is 0.707. The summed E-state index contributed by atoms with van der Waals surface area (Å²) in [6, 6.07) is 21.1. The number of nitrogens with one attached hydrogen (secondary N) is 1. The zero-order valence-corrected chi connectivity index (χ0v) is 15.5. The monoisotopic (exact) mass is 372 g/mol. The van der Waals surface area contributed by atoms with Crippen LogP contribution in [0.4, 0.5) is 5.95 Å². The van der Waals surface area contributed by atoms with Gasteiger partial charge in [0.15, 0.2) is 5.75 Å². The van der Waals surface area contributed by atoms with Crippen molar-refractivity contribution in [2.24, 2.45) is 7.05 Å². The lowest BCUT2D eigenvalue weighted by atomic mass is 10.1.